The Hall–Kier alpha value is -4.26. The second kappa shape index (κ2) is 87.2. The van der Waals surface area contributed by atoms with Crippen molar-refractivity contribution in [1.29, 1.82) is 0 Å². The highest BCUT2D eigenvalue weighted by Crippen LogP contribution is 2.43. The van der Waals surface area contributed by atoms with Gasteiger partial charge in [-0.05, 0) is 82.1 Å². The van der Waals surface area contributed by atoms with Crippen LogP contribution in [0.4, 0.5) is 0 Å². The SMILES string of the molecule is CCCCCCCCCCCCCC(=O)O[C@H](CCCCCCCCCCC)CC(=O)O[C@@H]1[C@@H](NC(=O)C[C@@H](CCCCCCCCCCC)OC(=O)CCCCCCCCCCC)[C@H](OC[C@H]2OC(O)[C@H](NC(=O)C[C@H](O)CCCCCCCCCCC)[C@@H](OC(=O)C[C@H](O)CCCCCCCCCCC)[C@@H]2O)O[C@H](C(=O)NCCCCCSCCCO[C@H]2O[C@H](CO)[C@H](O)[C@H](O)[C@H]2NC(C)=O)[C@H]1OP(=O)(O)O. The van der Waals surface area contributed by atoms with Gasteiger partial charge in [-0.3, -0.25) is 42.9 Å². The van der Waals surface area contributed by atoms with Crippen LogP contribution in [0.5, 0.6) is 0 Å². The van der Waals surface area contributed by atoms with Crippen LogP contribution in [0, 0.1) is 0 Å². The number of amides is 4. The molecule has 0 spiro atoms. The van der Waals surface area contributed by atoms with Crippen LogP contribution < -0.4 is 21.3 Å². The Morgan fingerprint density at radius 1 is 0.361 bits per heavy atom. The molecule has 844 valence electrons. The average molecular weight is 2090 g/mol. The minimum atomic E-state index is -5.85. The lowest BCUT2D eigenvalue weighted by atomic mass is 9.94. The molecule has 0 aliphatic carbocycles. The number of aliphatic hydroxyl groups excluding tert-OH is 7. The van der Waals surface area contributed by atoms with E-state index in [-0.39, 0.29) is 51.7 Å². The molecule has 0 aromatic rings. The van der Waals surface area contributed by atoms with Crippen LogP contribution in [-0.4, -0.2) is 247 Å². The third-order valence-electron chi connectivity index (χ3n) is 27.8. The van der Waals surface area contributed by atoms with Crippen molar-refractivity contribution in [2.24, 2.45) is 0 Å². The van der Waals surface area contributed by atoms with Crippen molar-refractivity contribution in [1.82, 2.24) is 21.3 Å². The number of carbonyl (C=O) groups is 8. The van der Waals surface area contributed by atoms with Crippen LogP contribution in [0.2, 0.25) is 0 Å². The minimum absolute atomic E-state index is 0.0591. The number of rotatable bonds is 95. The highest BCUT2D eigenvalue weighted by molar-refractivity contribution is 7.99. The summed E-state index contributed by atoms with van der Waals surface area (Å²) in [5.41, 5.74) is 0. The monoisotopic (exact) mass is 2090 g/mol. The van der Waals surface area contributed by atoms with Crippen molar-refractivity contribution in [3.05, 3.63) is 0 Å². The molecular formula is C110H205N4O28PS. The van der Waals surface area contributed by atoms with Gasteiger partial charge in [0.25, 0.3) is 5.91 Å². The Bertz CT molecular complexity index is 3270. The molecule has 3 saturated heterocycles. The van der Waals surface area contributed by atoms with Crippen molar-refractivity contribution in [2.45, 2.75) is 614 Å². The van der Waals surface area contributed by atoms with Crippen LogP contribution in [0.25, 0.3) is 0 Å². The van der Waals surface area contributed by atoms with Gasteiger partial charge < -0.3 is 109 Å². The Kier molecular flexibility index (Phi) is 81.1. The number of phosphoric ester groups is 1. The summed E-state index contributed by atoms with van der Waals surface area (Å²) in [6.07, 6.45) is 30.8. The second-order valence-electron chi connectivity index (χ2n) is 41.3. The quantitative estimate of drug-likeness (QED) is 0.0116. The number of nitrogens with one attached hydrogen (secondary N) is 4. The van der Waals surface area contributed by atoms with Gasteiger partial charge in [-0.2, -0.15) is 11.8 Å². The van der Waals surface area contributed by atoms with Gasteiger partial charge in [0.2, 0.25) is 17.7 Å². The molecule has 1 unspecified atom stereocenters. The average Bonchev–Trinajstić information content (AvgIpc) is 0.765. The number of thioether (sulfide) groups is 1. The first kappa shape index (κ1) is 134. The van der Waals surface area contributed by atoms with Gasteiger partial charge in [-0.15, -0.1) is 0 Å². The fraction of sp³-hybridized carbons (Fsp3) is 0.927. The summed E-state index contributed by atoms with van der Waals surface area (Å²) in [4.78, 5) is 137. The summed E-state index contributed by atoms with van der Waals surface area (Å²) in [6, 6.07) is -4.79. The summed E-state index contributed by atoms with van der Waals surface area (Å²) in [7, 11) is -5.85. The summed E-state index contributed by atoms with van der Waals surface area (Å²) < 4.78 is 75.3. The maximum absolute atomic E-state index is 15.5. The molecule has 32 nitrogen and oxygen atoms in total. The molecule has 0 saturated carbocycles. The van der Waals surface area contributed by atoms with Crippen LogP contribution >= 0.6 is 19.6 Å². The summed E-state index contributed by atoms with van der Waals surface area (Å²) in [5, 5.41) is 89.4. The topological polar surface area (TPSA) is 476 Å². The van der Waals surface area contributed by atoms with Crippen LogP contribution in [0.1, 0.15) is 498 Å². The normalized spacial score (nSPS) is 22.2. The highest BCUT2D eigenvalue weighted by Gasteiger charge is 2.56. The summed E-state index contributed by atoms with van der Waals surface area (Å²) in [5.74, 6) is -5.18. The number of hydrogen-bond acceptors (Lipinski definition) is 27. The van der Waals surface area contributed by atoms with Crippen molar-refractivity contribution in [2.75, 3.05) is 37.9 Å². The standard InChI is InChI=1S/C110H205N4O28PS/c1-8-14-20-26-32-38-39-45-51-57-64-73-94(122)136-88(71-62-55-49-43-36-30-24-18-12-5)81-96(124)140-104-99(114-92(120)80-87(70-61-54-48-42-35-29-23-17-11-4)135-93(121)72-63-56-50-44-37-31-25-19-13-6)110(141-106(105(104)142-143(130,131)132)107(128)111-74-65-58-66-76-144-77-67-75-133-109-97(112-84(7)116)102(127)100(125)89(82-115)138-109)134-83-90-101(126)103(139-95(123)79-86(118)69-60-53-47-41-34-28-22-16-10-3)98(108(129)137-90)113-91(119)78-85(117)68-59-52-46-40-33-27-21-15-9-2/h85-90,97-106,108-110,115,117-118,125-127,129H,8-83H2,1-7H3,(H,111,128)(H,112,116)(H,113,119)(H,114,120)(H2,130,131,132)/t85-,86-,87-,88-,89-,90-,97-,98-,99-,100+,101-,102-,103-,104-,105+,106+,108?,109+,110-/m1/s1. The molecule has 0 bridgehead atoms. The second-order valence-corrected chi connectivity index (χ2v) is 43.7. The van der Waals surface area contributed by atoms with E-state index in [1.165, 1.54) is 77.6 Å². The van der Waals surface area contributed by atoms with E-state index >= 15 is 14.4 Å². The van der Waals surface area contributed by atoms with Gasteiger partial charge in [0, 0.05) is 26.3 Å². The maximum Gasteiger partial charge on any atom is 0.470 e. The van der Waals surface area contributed by atoms with E-state index < -0.39 is 211 Å². The van der Waals surface area contributed by atoms with Crippen LogP contribution in [0.15, 0.2) is 0 Å². The number of carbonyl (C=O) groups excluding carboxylic acids is 8. The van der Waals surface area contributed by atoms with Gasteiger partial charge in [-0.1, -0.05) is 382 Å². The first-order valence-electron chi connectivity index (χ1n) is 57.8. The number of esters is 4. The molecule has 0 aromatic heterocycles. The molecule has 0 radical (unpaired) electrons. The predicted octanol–water partition coefficient (Wildman–Crippen LogP) is 19.9. The van der Waals surface area contributed by atoms with Gasteiger partial charge in [0.1, 0.15) is 67.0 Å². The Morgan fingerprint density at radius 3 is 1.17 bits per heavy atom. The lowest BCUT2D eigenvalue weighted by Crippen LogP contribution is -2.69. The van der Waals surface area contributed by atoms with E-state index in [0.717, 1.165) is 250 Å². The fourth-order valence-electron chi connectivity index (χ4n) is 19.3. The van der Waals surface area contributed by atoms with Crippen molar-refractivity contribution in [3.8, 4) is 0 Å². The zero-order valence-corrected chi connectivity index (χ0v) is 92.1. The Labute approximate surface area is 871 Å². The molecule has 19 atom stereocenters. The van der Waals surface area contributed by atoms with Crippen molar-refractivity contribution < 1.29 is 136 Å². The minimum Gasteiger partial charge on any atom is -0.462 e. The van der Waals surface area contributed by atoms with Crippen molar-refractivity contribution in [3.63, 3.8) is 0 Å². The molecule has 0 aromatic carbocycles. The van der Waals surface area contributed by atoms with Crippen molar-refractivity contribution >= 4 is 67.1 Å². The molecule has 3 aliphatic heterocycles. The lowest BCUT2D eigenvalue weighted by molar-refractivity contribution is -0.293. The number of ether oxygens (including phenoxy) is 9. The van der Waals surface area contributed by atoms with E-state index in [1.807, 2.05) is 0 Å². The molecule has 34 heteroatoms. The van der Waals surface area contributed by atoms with E-state index in [4.69, 9.17) is 47.2 Å². The number of unbranched alkanes of at least 4 members (excludes halogenated alkanes) is 52. The van der Waals surface area contributed by atoms with Gasteiger partial charge in [0.15, 0.2) is 37.2 Å². The first-order valence-corrected chi connectivity index (χ1v) is 60.4. The zero-order chi connectivity index (χ0) is 105. The largest absolute Gasteiger partial charge is 0.470 e. The molecule has 3 heterocycles. The third kappa shape index (κ3) is 65.9. The predicted molar refractivity (Wildman–Crippen MR) is 563 cm³/mol. The molecule has 4 amide bonds. The van der Waals surface area contributed by atoms with Crippen LogP contribution in [-0.2, 0) is 90.1 Å². The summed E-state index contributed by atoms with van der Waals surface area (Å²) >= 11 is 1.59. The third-order valence-corrected chi connectivity index (χ3v) is 29.5. The highest BCUT2D eigenvalue weighted by atomic mass is 32.2. The molecule has 3 rings (SSSR count). The molecule has 3 fully saturated rings. The molecule has 3 aliphatic rings. The zero-order valence-electron chi connectivity index (χ0n) is 90.3. The summed E-state index contributed by atoms with van der Waals surface area (Å²) in [6.45, 7) is 12.8. The lowest BCUT2D eigenvalue weighted by Gasteiger charge is -2.46. The van der Waals surface area contributed by atoms with E-state index in [1.54, 1.807) is 11.8 Å². The van der Waals surface area contributed by atoms with Gasteiger partial charge in [-0.25, -0.2) is 4.57 Å². The molecule has 144 heavy (non-hydrogen) atoms. The molecule has 13 N–H and O–H groups in total. The maximum atomic E-state index is 15.5. The fourth-order valence-corrected chi connectivity index (χ4v) is 20.7. The number of aliphatic hydroxyl groups is 7. The molecular weight excluding hydrogens is 1890 g/mol. The number of hydrogen-bond donors (Lipinski definition) is 13. The number of phosphoric acid groups is 1. The van der Waals surface area contributed by atoms with E-state index in [9.17, 15) is 74.1 Å². The van der Waals surface area contributed by atoms with E-state index in [2.05, 4.69) is 62.8 Å². The first-order chi connectivity index (χ1) is 69.6. The van der Waals surface area contributed by atoms with Gasteiger partial charge in [0.05, 0.1) is 57.7 Å². The van der Waals surface area contributed by atoms with E-state index in [0.29, 0.717) is 75.7 Å². The van der Waals surface area contributed by atoms with Gasteiger partial charge >= 0.3 is 31.7 Å². The Morgan fingerprint density at radius 2 is 0.736 bits per heavy atom. The smallest absolute Gasteiger partial charge is 0.462 e. The Balaban J connectivity index is 2.27. The van der Waals surface area contributed by atoms with Crippen LogP contribution in [0.3, 0.4) is 0 Å².